The van der Waals surface area contributed by atoms with Crippen LogP contribution >= 0.6 is 39.0 Å². The van der Waals surface area contributed by atoms with Gasteiger partial charge in [-0.3, -0.25) is 9.36 Å². The number of nitrogens with one attached hydrogen (secondary N) is 1. The first-order chi connectivity index (χ1) is 16.7. The third-order valence-corrected chi connectivity index (χ3v) is 7.18. The average Bonchev–Trinajstić information content (AvgIpc) is 3.61. The lowest BCUT2D eigenvalue weighted by Gasteiger charge is -2.08. The lowest BCUT2D eigenvalue weighted by molar-refractivity contribution is -0.113. The molecule has 0 fully saturated rings. The highest BCUT2D eigenvalue weighted by Crippen LogP contribution is 2.28. The largest absolute Gasteiger partial charge is 0.461 e. The molecule has 0 unspecified atom stereocenters. The number of carbonyl (C=O) groups is 1. The monoisotopic (exact) mass is 551 g/mol. The fourth-order valence-corrected chi connectivity index (χ4v) is 5.15. The second-order valence-electron chi connectivity index (χ2n) is 7.23. The number of aromatic nitrogens is 4. The molecule has 10 heteroatoms. The van der Waals surface area contributed by atoms with E-state index in [1.54, 1.807) is 18.5 Å². The minimum absolute atomic E-state index is 0.156. The van der Waals surface area contributed by atoms with E-state index in [1.165, 1.54) is 28.7 Å². The molecule has 0 spiro atoms. The Hall–Kier alpha value is -3.21. The van der Waals surface area contributed by atoms with Crippen molar-refractivity contribution < 1.29 is 9.21 Å². The summed E-state index contributed by atoms with van der Waals surface area (Å²) < 4.78 is 8.46. The molecule has 1 amide bonds. The maximum atomic E-state index is 12.6. The number of halogens is 1. The van der Waals surface area contributed by atoms with E-state index < -0.39 is 0 Å². The van der Waals surface area contributed by atoms with Gasteiger partial charge in [-0.1, -0.05) is 58.0 Å². The number of thiazole rings is 1. The number of carbonyl (C=O) groups excluding carboxylic acids is 1. The summed E-state index contributed by atoms with van der Waals surface area (Å²) in [6, 6.07) is 21.6. The van der Waals surface area contributed by atoms with Crippen molar-refractivity contribution in [3.8, 4) is 17.3 Å². The van der Waals surface area contributed by atoms with E-state index in [0.717, 1.165) is 21.5 Å². The van der Waals surface area contributed by atoms with Gasteiger partial charge in [0.25, 0.3) is 0 Å². The molecule has 5 rings (SSSR count). The van der Waals surface area contributed by atoms with Crippen LogP contribution in [0.15, 0.2) is 93.2 Å². The number of hydrogen-bond acceptors (Lipinski definition) is 7. The summed E-state index contributed by atoms with van der Waals surface area (Å²) >= 11 is 6.23. The highest BCUT2D eigenvalue weighted by molar-refractivity contribution is 9.10. The normalized spacial score (nSPS) is 11.0. The highest BCUT2D eigenvalue weighted by atomic mass is 79.9. The number of anilines is 1. The summed E-state index contributed by atoms with van der Waals surface area (Å²) in [5.41, 5.74) is 2.08. The van der Waals surface area contributed by atoms with Gasteiger partial charge in [-0.15, -0.1) is 21.5 Å². The number of thioether (sulfide) groups is 1. The molecule has 1 N–H and O–H groups in total. The van der Waals surface area contributed by atoms with Crippen LogP contribution in [0.5, 0.6) is 0 Å². The fraction of sp³-hybridized carbons (Fsp3) is 0.0833. The fourth-order valence-electron chi connectivity index (χ4n) is 3.27. The Bertz CT molecular complexity index is 1380. The summed E-state index contributed by atoms with van der Waals surface area (Å²) in [4.78, 5) is 18.1. The molecule has 3 aromatic heterocycles. The maximum Gasteiger partial charge on any atom is 0.236 e. The molecule has 0 aliphatic heterocycles. The number of hydrogen-bond donors (Lipinski definition) is 1. The molecule has 3 heterocycles. The standard InChI is InChI=1S/C24H18BrN5O2S2/c25-17-10-8-16(9-11-17)13-19-14-26-23(34-19)27-21(31)15-33-24-29-28-22(20-7-4-12-32-20)30(24)18-5-2-1-3-6-18/h1-12,14H,13,15H2,(H,26,27,31). The predicted octanol–water partition coefficient (Wildman–Crippen LogP) is 6.07. The molecule has 0 bridgehead atoms. The van der Waals surface area contributed by atoms with Crippen LogP contribution in [0.4, 0.5) is 5.13 Å². The predicted molar refractivity (Wildman–Crippen MR) is 137 cm³/mol. The molecular weight excluding hydrogens is 534 g/mol. The smallest absolute Gasteiger partial charge is 0.236 e. The van der Waals surface area contributed by atoms with Gasteiger partial charge in [0.1, 0.15) is 0 Å². The molecular formula is C24H18BrN5O2S2. The van der Waals surface area contributed by atoms with E-state index in [-0.39, 0.29) is 11.7 Å². The lowest BCUT2D eigenvalue weighted by Crippen LogP contribution is -2.14. The summed E-state index contributed by atoms with van der Waals surface area (Å²) in [6.07, 6.45) is 4.17. The Balaban J connectivity index is 1.25. The molecule has 34 heavy (non-hydrogen) atoms. The van der Waals surface area contributed by atoms with Crippen LogP contribution < -0.4 is 5.32 Å². The number of amides is 1. The molecule has 0 aliphatic rings. The number of para-hydroxylation sites is 1. The van der Waals surface area contributed by atoms with Gasteiger partial charge in [-0.25, -0.2) is 4.98 Å². The van der Waals surface area contributed by atoms with E-state index in [1.807, 2.05) is 53.1 Å². The Labute approximate surface area is 212 Å². The van der Waals surface area contributed by atoms with Gasteiger partial charge in [-0.2, -0.15) is 0 Å². The van der Waals surface area contributed by atoms with E-state index in [2.05, 4.69) is 48.6 Å². The first-order valence-electron chi connectivity index (χ1n) is 10.3. The van der Waals surface area contributed by atoms with Crippen molar-refractivity contribution >= 4 is 50.1 Å². The Morgan fingerprint density at radius 1 is 1.06 bits per heavy atom. The van der Waals surface area contributed by atoms with Crippen molar-refractivity contribution in [2.75, 3.05) is 11.1 Å². The molecule has 0 saturated heterocycles. The first kappa shape index (κ1) is 22.6. The average molecular weight is 552 g/mol. The molecule has 170 valence electrons. The lowest BCUT2D eigenvalue weighted by atomic mass is 10.1. The van der Waals surface area contributed by atoms with Crippen LogP contribution in [0.1, 0.15) is 10.4 Å². The number of rotatable bonds is 8. The molecule has 0 saturated carbocycles. The molecule has 0 radical (unpaired) electrons. The van der Waals surface area contributed by atoms with Crippen LogP contribution in [0.3, 0.4) is 0 Å². The van der Waals surface area contributed by atoms with Crippen molar-refractivity contribution in [3.63, 3.8) is 0 Å². The first-order valence-corrected chi connectivity index (χ1v) is 12.9. The van der Waals surface area contributed by atoms with E-state index in [0.29, 0.717) is 21.9 Å². The van der Waals surface area contributed by atoms with Gasteiger partial charge in [0.2, 0.25) is 11.7 Å². The minimum atomic E-state index is -0.156. The summed E-state index contributed by atoms with van der Waals surface area (Å²) in [6.45, 7) is 0. The SMILES string of the molecule is O=C(CSc1nnc(-c2ccco2)n1-c1ccccc1)Nc1ncc(Cc2ccc(Br)cc2)s1. The van der Waals surface area contributed by atoms with E-state index in [4.69, 9.17) is 4.42 Å². The minimum Gasteiger partial charge on any atom is -0.461 e. The van der Waals surface area contributed by atoms with Gasteiger partial charge in [0.05, 0.1) is 12.0 Å². The van der Waals surface area contributed by atoms with Crippen LogP contribution in [0.25, 0.3) is 17.3 Å². The zero-order valence-electron chi connectivity index (χ0n) is 17.7. The van der Waals surface area contributed by atoms with Gasteiger partial charge in [0.15, 0.2) is 16.0 Å². The second-order valence-corrected chi connectivity index (χ2v) is 10.2. The summed E-state index contributed by atoms with van der Waals surface area (Å²) in [5, 5.41) is 12.7. The van der Waals surface area contributed by atoms with Gasteiger partial charge < -0.3 is 9.73 Å². The summed E-state index contributed by atoms with van der Waals surface area (Å²) in [7, 11) is 0. The Kier molecular flexibility index (Phi) is 6.89. The second kappa shape index (κ2) is 10.4. The van der Waals surface area contributed by atoms with Crippen molar-refractivity contribution in [1.82, 2.24) is 19.7 Å². The summed E-state index contributed by atoms with van der Waals surface area (Å²) in [5.74, 6) is 1.20. The van der Waals surface area contributed by atoms with Crippen LogP contribution in [0, 0.1) is 0 Å². The molecule has 7 nitrogen and oxygen atoms in total. The molecule has 5 aromatic rings. The molecule has 0 atom stereocenters. The van der Waals surface area contributed by atoms with Crippen molar-refractivity contribution in [2.45, 2.75) is 11.6 Å². The van der Waals surface area contributed by atoms with E-state index >= 15 is 0 Å². The van der Waals surface area contributed by atoms with Crippen LogP contribution in [0.2, 0.25) is 0 Å². The van der Waals surface area contributed by atoms with Crippen molar-refractivity contribution in [1.29, 1.82) is 0 Å². The third kappa shape index (κ3) is 5.30. The van der Waals surface area contributed by atoms with E-state index in [9.17, 15) is 4.79 Å². The maximum absolute atomic E-state index is 12.6. The van der Waals surface area contributed by atoms with Gasteiger partial charge >= 0.3 is 0 Å². The van der Waals surface area contributed by atoms with Crippen LogP contribution in [-0.2, 0) is 11.2 Å². The number of nitrogens with zero attached hydrogens (tertiary/aromatic N) is 4. The van der Waals surface area contributed by atoms with Gasteiger partial charge in [0, 0.05) is 27.7 Å². The number of benzene rings is 2. The number of furan rings is 1. The van der Waals surface area contributed by atoms with Crippen LogP contribution in [-0.4, -0.2) is 31.4 Å². The molecule has 2 aromatic carbocycles. The topological polar surface area (TPSA) is 85.8 Å². The third-order valence-electron chi connectivity index (χ3n) is 4.81. The zero-order valence-corrected chi connectivity index (χ0v) is 20.9. The Morgan fingerprint density at radius 2 is 1.88 bits per heavy atom. The van der Waals surface area contributed by atoms with Crippen molar-refractivity contribution in [3.05, 3.63) is 94.1 Å². The quantitative estimate of drug-likeness (QED) is 0.235. The Morgan fingerprint density at radius 3 is 2.65 bits per heavy atom. The van der Waals surface area contributed by atoms with Crippen molar-refractivity contribution in [2.24, 2.45) is 0 Å². The highest BCUT2D eigenvalue weighted by Gasteiger charge is 2.19. The zero-order chi connectivity index (χ0) is 23.3. The molecule has 0 aliphatic carbocycles. The van der Waals surface area contributed by atoms with Gasteiger partial charge in [-0.05, 0) is 42.0 Å².